The molecule has 29 heavy (non-hydrogen) atoms. The summed E-state index contributed by atoms with van der Waals surface area (Å²) < 4.78 is 76.7. The molecule has 1 saturated heterocycles. The van der Waals surface area contributed by atoms with Crippen molar-refractivity contribution in [1.82, 2.24) is 9.71 Å². The number of nitrogens with one attached hydrogen (secondary N) is 2. The van der Waals surface area contributed by atoms with Gasteiger partial charge in [-0.2, -0.15) is 0 Å². The van der Waals surface area contributed by atoms with E-state index < -0.39 is 38.4 Å². The zero-order valence-electron chi connectivity index (χ0n) is 15.2. The van der Waals surface area contributed by atoms with Gasteiger partial charge in [-0.1, -0.05) is 12.1 Å². The van der Waals surface area contributed by atoms with E-state index in [9.17, 15) is 25.6 Å². The lowest BCUT2D eigenvalue weighted by molar-refractivity contribution is 0.126. The van der Waals surface area contributed by atoms with Crippen molar-refractivity contribution in [2.24, 2.45) is 0 Å². The van der Waals surface area contributed by atoms with Gasteiger partial charge in [0.25, 0.3) is 6.43 Å². The van der Waals surface area contributed by atoms with E-state index >= 15 is 0 Å². The van der Waals surface area contributed by atoms with E-state index in [2.05, 4.69) is 15.0 Å². The molecule has 0 radical (unpaired) electrons. The number of benzene rings is 1. The molecule has 4 rings (SSSR count). The van der Waals surface area contributed by atoms with Crippen LogP contribution in [0.25, 0.3) is 11.1 Å². The van der Waals surface area contributed by atoms with E-state index in [1.165, 1.54) is 18.3 Å². The van der Waals surface area contributed by atoms with Crippen molar-refractivity contribution in [3.05, 3.63) is 42.1 Å². The van der Waals surface area contributed by atoms with E-state index in [0.29, 0.717) is 22.5 Å². The van der Waals surface area contributed by atoms with E-state index in [1.807, 2.05) is 0 Å². The smallest absolute Gasteiger partial charge is 0.258 e. The fourth-order valence-corrected chi connectivity index (χ4v) is 6.73. The normalized spacial score (nSPS) is 23.1. The minimum Gasteiger partial charge on any atom is -0.361 e. The molecule has 7 nitrogen and oxygen atoms in total. The average molecular weight is 443 g/mol. The van der Waals surface area contributed by atoms with Crippen LogP contribution in [0.4, 0.5) is 14.6 Å². The fraction of sp³-hybridized carbons (Fsp3) is 0.389. The van der Waals surface area contributed by atoms with Crippen LogP contribution in [0.5, 0.6) is 0 Å². The fourth-order valence-electron chi connectivity index (χ4n) is 3.68. The maximum Gasteiger partial charge on any atom is 0.258 e. The van der Waals surface area contributed by atoms with Crippen molar-refractivity contribution in [3.8, 4) is 11.1 Å². The number of sulfonamides is 1. The zero-order chi connectivity index (χ0) is 20.8. The van der Waals surface area contributed by atoms with Crippen molar-refractivity contribution in [1.29, 1.82) is 0 Å². The summed E-state index contributed by atoms with van der Waals surface area (Å²) in [6.07, 6.45) is -0.619. The van der Waals surface area contributed by atoms with Crippen molar-refractivity contribution < 1.29 is 25.6 Å². The maximum atomic E-state index is 13.0. The Morgan fingerprint density at radius 2 is 1.90 bits per heavy atom. The molecular weight excluding hydrogens is 424 g/mol. The monoisotopic (exact) mass is 443 g/mol. The van der Waals surface area contributed by atoms with Crippen LogP contribution in [0.3, 0.4) is 0 Å². The van der Waals surface area contributed by atoms with E-state index in [0.717, 1.165) is 0 Å². The topological polar surface area (TPSA) is 105 Å². The zero-order valence-corrected chi connectivity index (χ0v) is 16.8. The molecule has 1 fully saturated rings. The minimum absolute atomic E-state index is 0.0137. The summed E-state index contributed by atoms with van der Waals surface area (Å²) >= 11 is 0. The van der Waals surface area contributed by atoms with Gasteiger partial charge in [0.2, 0.25) is 10.0 Å². The standard InChI is InChI=1S/C18H19F2N3O4S2/c19-17(20)16-9-15-14(5-7-21-18(15)22-16)11-1-3-13(4-2-11)29(26,27)23-12-6-8-28(24,25)10-12/h1-5,7,12,16-17,23H,6,8-10H2,(H,21,22). The van der Waals surface area contributed by atoms with Crippen LogP contribution < -0.4 is 10.0 Å². The molecule has 11 heteroatoms. The van der Waals surface area contributed by atoms with Crippen molar-refractivity contribution in [2.75, 3.05) is 16.8 Å². The van der Waals surface area contributed by atoms with Crippen molar-refractivity contribution in [3.63, 3.8) is 0 Å². The Bertz CT molecular complexity index is 1140. The highest BCUT2D eigenvalue weighted by atomic mass is 32.2. The number of halogens is 2. The number of nitrogens with zero attached hydrogens (tertiary/aromatic N) is 1. The number of aromatic nitrogens is 1. The largest absolute Gasteiger partial charge is 0.361 e. The first-order chi connectivity index (χ1) is 13.6. The second-order valence-electron chi connectivity index (χ2n) is 7.22. The molecule has 2 aliphatic rings. The summed E-state index contributed by atoms with van der Waals surface area (Å²) in [7, 11) is -7.06. The van der Waals surface area contributed by atoms with Gasteiger partial charge in [-0.25, -0.2) is 35.3 Å². The van der Waals surface area contributed by atoms with Gasteiger partial charge >= 0.3 is 0 Å². The molecule has 3 heterocycles. The lowest BCUT2D eigenvalue weighted by Gasteiger charge is -2.12. The first kappa shape index (κ1) is 20.2. The number of sulfone groups is 1. The first-order valence-corrected chi connectivity index (χ1v) is 12.3. The third kappa shape index (κ3) is 4.12. The van der Waals surface area contributed by atoms with Crippen LogP contribution in [0.2, 0.25) is 0 Å². The van der Waals surface area contributed by atoms with Crippen LogP contribution in [0.15, 0.2) is 41.4 Å². The number of fused-ring (bicyclic) bond motifs is 1. The number of hydrogen-bond acceptors (Lipinski definition) is 6. The third-order valence-electron chi connectivity index (χ3n) is 5.14. The lowest BCUT2D eigenvalue weighted by Crippen LogP contribution is -2.35. The number of hydrogen-bond donors (Lipinski definition) is 2. The lowest BCUT2D eigenvalue weighted by atomic mass is 9.99. The predicted octanol–water partition coefficient (Wildman–Crippen LogP) is 1.82. The van der Waals surface area contributed by atoms with E-state index in [-0.39, 0.29) is 29.2 Å². The Balaban J connectivity index is 1.56. The van der Waals surface area contributed by atoms with Crippen LogP contribution >= 0.6 is 0 Å². The first-order valence-electron chi connectivity index (χ1n) is 9.00. The molecule has 0 saturated carbocycles. The summed E-state index contributed by atoms with van der Waals surface area (Å²) in [6.45, 7) is 0. The molecule has 2 N–H and O–H groups in total. The van der Waals surface area contributed by atoms with Gasteiger partial charge in [0, 0.05) is 24.2 Å². The highest BCUT2D eigenvalue weighted by molar-refractivity contribution is 7.92. The van der Waals surface area contributed by atoms with Gasteiger partial charge in [0.05, 0.1) is 22.4 Å². The molecule has 0 aliphatic carbocycles. The summed E-state index contributed by atoms with van der Waals surface area (Å²) in [5, 5.41) is 2.71. The molecule has 0 bridgehead atoms. The molecule has 1 aromatic heterocycles. The van der Waals surface area contributed by atoms with Gasteiger partial charge in [-0.05, 0) is 35.7 Å². The van der Waals surface area contributed by atoms with Gasteiger partial charge in [-0.15, -0.1) is 0 Å². The minimum atomic E-state index is -3.86. The molecule has 2 atom stereocenters. The molecule has 0 amide bonds. The van der Waals surface area contributed by atoms with Gasteiger partial charge < -0.3 is 5.32 Å². The number of rotatable bonds is 5. The van der Waals surface area contributed by atoms with Crippen LogP contribution in [0.1, 0.15) is 12.0 Å². The Labute approximate surface area is 167 Å². The summed E-state index contributed by atoms with van der Waals surface area (Å²) in [5.74, 6) is 0.180. The molecule has 2 aromatic rings. The Hall–Kier alpha value is -2.11. The van der Waals surface area contributed by atoms with Gasteiger partial charge in [-0.3, -0.25) is 0 Å². The number of pyridine rings is 1. The summed E-state index contributed by atoms with van der Waals surface area (Å²) in [4.78, 5) is 4.12. The number of alkyl halides is 2. The highest BCUT2D eigenvalue weighted by Crippen LogP contribution is 2.35. The third-order valence-corrected chi connectivity index (χ3v) is 8.44. The van der Waals surface area contributed by atoms with Crippen molar-refractivity contribution >= 4 is 25.7 Å². The van der Waals surface area contributed by atoms with Crippen LogP contribution in [0, 0.1) is 0 Å². The quantitative estimate of drug-likeness (QED) is 0.730. The molecule has 1 aromatic carbocycles. The molecule has 0 spiro atoms. The Morgan fingerprint density at radius 1 is 1.17 bits per heavy atom. The van der Waals surface area contributed by atoms with Gasteiger partial charge in [0.1, 0.15) is 5.82 Å². The highest BCUT2D eigenvalue weighted by Gasteiger charge is 2.32. The molecule has 156 valence electrons. The maximum absolute atomic E-state index is 13.0. The van der Waals surface area contributed by atoms with Crippen molar-refractivity contribution in [2.45, 2.75) is 36.2 Å². The van der Waals surface area contributed by atoms with E-state index in [1.54, 1.807) is 18.2 Å². The van der Waals surface area contributed by atoms with Gasteiger partial charge in [0.15, 0.2) is 9.84 Å². The van der Waals surface area contributed by atoms with E-state index in [4.69, 9.17) is 0 Å². The molecule has 2 unspecified atom stereocenters. The summed E-state index contributed by atoms with van der Waals surface area (Å²) in [6, 6.07) is 6.12. The van der Waals surface area contributed by atoms with Crippen LogP contribution in [-0.4, -0.2) is 51.8 Å². The Kier molecular flexibility index (Phi) is 5.07. The molecule has 2 aliphatic heterocycles. The SMILES string of the molecule is O=S1(=O)CCC(NS(=O)(=O)c2ccc(-c3ccnc4c3CC(C(F)F)N4)cc2)C1. The summed E-state index contributed by atoms with van der Waals surface area (Å²) in [5.41, 5.74) is 2.06. The predicted molar refractivity (Wildman–Crippen MR) is 104 cm³/mol. The van der Waals surface area contributed by atoms with Crippen LogP contribution in [-0.2, 0) is 26.3 Å². The second kappa shape index (κ2) is 7.29. The Morgan fingerprint density at radius 3 is 2.52 bits per heavy atom. The average Bonchev–Trinajstić information content (AvgIpc) is 3.24. The molecular formula is C18H19F2N3O4S2. The number of anilines is 1. The second-order valence-corrected chi connectivity index (χ2v) is 11.2.